The zero-order valence-electron chi connectivity index (χ0n) is 17.8. The minimum atomic E-state index is -0.849. The number of rotatable bonds is 9. The van der Waals surface area contributed by atoms with E-state index in [4.69, 9.17) is 9.84 Å². The van der Waals surface area contributed by atoms with Crippen molar-refractivity contribution in [1.82, 2.24) is 19.7 Å². The van der Waals surface area contributed by atoms with Crippen molar-refractivity contribution in [3.8, 4) is 5.75 Å². The summed E-state index contributed by atoms with van der Waals surface area (Å²) in [5, 5.41) is 14.7. The van der Waals surface area contributed by atoms with Crippen molar-refractivity contribution < 1.29 is 14.6 Å². The third kappa shape index (κ3) is 5.00. The van der Waals surface area contributed by atoms with E-state index in [0.717, 1.165) is 33.4 Å². The lowest BCUT2D eigenvalue weighted by atomic mass is 9.96. The molecule has 0 spiro atoms. The fraction of sp³-hybridized carbons (Fsp3) is 0.200. The molecule has 0 saturated carbocycles. The number of allylic oxidation sites excluding steroid dienone is 1. The molecule has 0 amide bonds. The highest BCUT2D eigenvalue weighted by Crippen LogP contribution is 2.25. The lowest BCUT2D eigenvalue weighted by molar-refractivity contribution is -0.137. The van der Waals surface area contributed by atoms with E-state index in [-0.39, 0.29) is 12.3 Å². The molecule has 2 aromatic carbocycles. The number of fused-ring (bicyclic) bond motifs is 1. The summed E-state index contributed by atoms with van der Waals surface area (Å²) < 4.78 is 7.85. The molecule has 7 nitrogen and oxygen atoms in total. The maximum absolute atomic E-state index is 11.0. The van der Waals surface area contributed by atoms with Crippen LogP contribution in [0.1, 0.15) is 34.9 Å². The van der Waals surface area contributed by atoms with Gasteiger partial charge in [0.05, 0.1) is 36.1 Å². The summed E-state index contributed by atoms with van der Waals surface area (Å²) in [5.74, 6) is -0.358. The van der Waals surface area contributed by atoms with Crippen LogP contribution in [-0.2, 0) is 17.9 Å². The van der Waals surface area contributed by atoms with Gasteiger partial charge in [0, 0.05) is 29.3 Å². The van der Waals surface area contributed by atoms with E-state index in [1.807, 2.05) is 60.3 Å². The van der Waals surface area contributed by atoms with Gasteiger partial charge in [-0.2, -0.15) is 5.10 Å². The van der Waals surface area contributed by atoms with E-state index < -0.39 is 5.97 Å². The fourth-order valence-corrected chi connectivity index (χ4v) is 3.52. The molecule has 7 heteroatoms. The molecule has 0 radical (unpaired) electrons. The van der Waals surface area contributed by atoms with Crippen molar-refractivity contribution in [2.45, 2.75) is 32.4 Å². The number of aromatic nitrogens is 4. The van der Waals surface area contributed by atoms with Crippen LogP contribution in [0, 0.1) is 6.92 Å². The largest absolute Gasteiger partial charge is 0.489 e. The van der Waals surface area contributed by atoms with Crippen LogP contribution < -0.4 is 4.74 Å². The Bertz CT molecular complexity index is 1230. The molecule has 32 heavy (non-hydrogen) atoms. The van der Waals surface area contributed by atoms with Gasteiger partial charge in [0.15, 0.2) is 0 Å². The van der Waals surface area contributed by atoms with Crippen molar-refractivity contribution in [3.63, 3.8) is 0 Å². The average molecular weight is 428 g/mol. The van der Waals surface area contributed by atoms with Gasteiger partial charge < -0.3 is 9.84 Å². The minimum absolute atomic E-state index is 0.0177. The Morgan fingerprint density at radius 3 is 2.69 bits per heavy atom. The molecule has 1 N–H and O–H groups in total. The van der Waals surface area contributed by atoms with Crippen LogP contribution in [0.25, 0.3) is 10.9 Å². The standard InChI is InChI=1S/C25H24N4O3/c1-3-18(11-25(30)31)19-7-9-22(10-8-19)32-16-20-5-4-6-24-23(20)15-29(28-24)14-21-13-26-17(2)12-27-21/h3-10,12-13,15,18H,1,11,14,16H2,2H3,(H,30,31)/t18-/m0/s1. The zero-order chi connectivity index (χ0) is 22.5. The number of hydrogen-bond donors (Lipinski definition) is 1. The number of carboxylic acids is 1. The van der Waals surface area contributed by atoms with Gasteiger partial charge in [-0.15, -0.1) is 6.58 Å². The van der Waals surface area contributed by atoms with Crippen LogP contribution in [-0.4, -0.2) is 30.8 Å². The molecule has 2 aromatic heterocycles. The molecule has 0 saturated heterocycles. The Morgan fingerprint density at radius 1 is 1.19 bits per heavy atom. The molecule has 0 aliphatic rings. The van der Waals surface area contributed by atoms with Crippen molar-refractivity contribution in [2.24, 2.45) is 0 Å². The number of benzene rings is 2. The second kappa shape index (κ2) is 9.43. The summed E-state index contributed by atoms with van der Waals surface area (Å²) in [4.78, 5) is 19.7. The van der Waals surface area contributed by atoms with Crippen LogP contribution in [0.15, 0.2) is 73.7 Å². The van der Waals surface area contributed by atoms with Crippen LogP contribution in [0.3, 0.4) is 0 Å². The van der Waals surface area contributed by atoms with Gasteiger partial charge in [-0.1, -0.05) is 30.3 Å². The maximum Gasteiger partial charge on any atom is 0.304 e. The number of ether oxygens (including phenoxy) is 1. The van der Waals surface area contributed by atoms with E-state index in [9.17, 15) is 4.79 Å². The summed E-state index contributed by atoms with van der Waals surface area (Å²) in [6.07, 6.45) is 7.19. The molecular weight excluding hydrogens is 404 g/mol. The van der Waals surface area contributed by atoms with Gasteiger partial charge in [-0.25, -0.2) is 0 Å². The first-order valence-electron chi connectivity index (χ1n) is 10.3. The van der Waals surface area contributed by atoms with E-state index in [0.29, 0.717) is 18.9 Å². The molecule has 162 valence electrons. The minimum Gasteiger partial charge on any atom is -0.489 e. The zero-order valence-corrected chi connectivity index (χ0v) is 17.8. The Balaban J connectivity index is 1.46. The SMILES string of the molecule is C=C[C@@H](CC(=O)O)c1ccc(OCc2cccc3nn(Cc4cnc(C)cn4)cc23)cc1. The van der Waals surface area contributed by atoms with Crippen LogP contribution in [0.4, 0.5) is 0 Å². The monoisotopic (exact) mass is 428 g/mol. The van der Waals surface area contributed by atoms with Crippen LogP contribution in [0.5, 0.6) is 5.75 Å². The third-order valence-electron chi connectivity index (χ3n) is 5.23. The van der Waals surface area contributed by atoms with Gasteiger partial charge in [-0.05, 0) is 30.7 Å². The van der Waals surface area contributed by atoms with Crippen molar-refractivity contribution in [2.75, 3.05) is 0 Å². The second-order valence-electron chi connectivity index (χ2n) is 7.62. The van der Waals surface area contributed by atoms with Gasteiger partial charge >= 0.3 is 5.97 Å². The van der Waals surface area contributed by atoms with Gasteiger partial charge in [0.2, 0.25) is 0 Å². The Labute approximate surface area is 186 Å². The first kappa shape index (κ1) is 21.2. The molecule has 1 atom stereocenters. The normalized spacial score (nSPS) is 11.9. The summed E-state index contributed by atoms with van der Waals surface area (Å²) in [6, 6.07) is 13.4. The highest BCUT2D eigenvalue weighted by molar-refractivity contribution is 5.81. The molecule has 0 aliphatic heterocycles. The van der Waals surface area contributed by atoms with Gasteiger partial charge in [0.1, 0.15) is 12.4 Å². The highest BCUT2D eigenvalue weighted by Gasteiger charge is 2.12. The van der Waals surface area contributed by atoms with Crippen molar-refractivity contribution >= 4 is 16.9 Å². The summed E-state index contributed by atoms with van der Waals surface area (Å²) in [6.45, 7) is 6.59. The first-order valence-corrected chi connectivity index (χ1v) is 10.3. The van der Waals surface area contributed by atoms with E-state index in [1.54, 1.807) is 18.5 Å². The summed E-state index contributed by atoms with van der Waals surface area (Å²) in [7, 11) is 0. The average Bonchev–Trinajstić information content (AvgIpc) is 3.21. The van der Waals surface area contributed by atoms with E-state index in [2.05, 4.69) is 21.6 Å². The topological polar surface area (TPSA) is 90.1 Å². The molecule has 4 aromatic rings. The van der Waals surface area contributed by atoms with Crippen LogP contribution >= 0.6 is 0 Å². The highest BCUT2D eigenvalue weighted by atomic mass is 16.5. The lowest BCUT2D eigenvalue weighted by Crippen LogP contribution is -2.04. The summed E-state index contributed by atoms with van der Waals surface area (Å²) in [5.41, 5.74) is 4.56. The Kier molecular flexibility index (Phi) is 6.26. The molecule has 4 rings (SSSR count). The maximum atomic E-state index is 11.0. The number of carbonyl (C=O) groups is 1. The molecule has 0 aliphatic carbocycles. The van der Waals surface area contributed by atoms with Crippen molar-refractivity contribution in [3.05, 3.63) is 96.2 Å². The first-order chi connectivity index (χ1) is 15.5. The number of carboxylic acid groups (broad SMARTS) is 1. The molecule has 0 unspecified atom stereocenters. The number of aryl methyl sites for hydroxylation is 1. The van der Waals surface area contributed by atoms with Crippen molar-refractivity contribution in [1.29, 1.82) is 0 Å². The second-order valence-corrected chi connectivity index (χ2v) is 7.62. The summed E-state index contributed by atoms with van der Waals surface area (Å²) >= 11 is 0. The predicted molar refractivity (Wildman–Crippen MR) is 122 cm³/mol. The Hall–Kier alpha value is -4.00. The molecule has 2 heterocycles. The van der Waals surface area contributed by atoms with Crippen LogP contribution in [0.2, 0.25) is 0 Å². The van der Waals surface area contributed by atoms with E-state index >= 15 is 0 Å². The van der Waals surface area contributed by atoms with E-state index in [1.165, 1.54) is 0 Å². The quantitative estimate of drug-likeness (QED) is 0.395. The number of hydrogen-bond acceptors (Lipinski definition) is 5. The molecule has 0 fully saturated rings. The predicted octanol–water partition coefficient (Wildman–Crippen LogP) is 4.51. The lowest BCUT2D eigenvalue weighted by Gasteiger charge is -2.12. The molecule has 0 bridgehead atoms. The number of aliphatic carboxylic acids is 1. The van der Waals surface area contributed by atoms with Gasteiger partial charge in [0.25, 0.3) is 0 Å². The fourth-order valence-electron chi connectivity index (χ4n) is 3.52. The molecular formula is C25H24N4O3. The third-order valence-corrected chi connectivity index (χ3v) is 5.23. The smallest absolute Gasteiger partial charge is 0.304 e. The Morgan fingerprint density at radius 2 is 2.00 bits per heavy atom. The number of nitrogens with zero attached hydrogens (tertiary/aromatic N) is 4. The van der Waals surface area contributed by atoms with Gasteiger partial charge in [-0.3, -0.25) is 19.4 Å².